The molecule has 3 rings (SSSR count). The van der Waals surface area contributed by atoms with E-state index < -0.39 is 0 Å². The number of thiophene rings is 1. The molecule has 2 aromatic rings. The molecule has 5 nitrogen and oxygen atoms in total. The Labute approximate surface area is 195 Å². The van der Waals surface area contributed by atoms with E-state index in [1.807, 2.05) is 26.8 Å². The minimum absolute atomic E-state index is 0.112. The SMILES string of the molecule is CCOC(=O)c1c(NC(=O)COc2cc(C)cc(C)c2C)sc2c1CCC(C(C)(C)C)C2. The molecule has 1 aliphatic carbocycles. The third-order valence-corrected chi connectivity index (χ3v) is 7.52. The second kappa shape index (κ2) is 9.65. The summed E-state index contributed by atoms with van der Waals surface area (Å²) >= 11 is 1.51. The first-order valence-corrected chi connectivity index (χ1v) is 12.1. The number of rotatable bonds is 6. The van der Waals surface area contributed by atoms with Crippen LogP contribution in [0.3, 0.4) is 0 Å². The Bertz CT molecular complexity index is 1020. The average Bonchev–Trinajstić information content (AvgIpc) is 3.06. The summed E-state index contributed by atoms with van der Waals surface area (Å²) in [5, 5.41) is 3.51. The lowest BCUT2D eigenvalue weighted by molar-refractivity contribution is -0.118. The van der Waals surface area contributed by atoms with E-state index in [0.717, 1.165) is 41.5 Å². The summed E-state index contributed by atoms with van der Waals surface area (Å²) in [5.41, 5.74) is 5.00. The van der Waals surface area contributed by atoms with E-state index in [1.165, 1.54) is 16.2 Å². The van der Waals surface area contributed by atoms with Crippen LogP contribution in [0, 0.1) is 32.1 Å². The van der Waals surface area contributed by atoms with Crippen LogP contribution in [0.5, 0.6) is 5.75 Å². The molecule has 6 heteroatoms. The molecule has 1 heterocycles. The minimum atomic E-state index is -0.361. The van der Waals surface area contributed by atoms with Crippen molar-refractivity contribution in [2.45, 2.75) is 67.7 Å². The lowest BCUT2D eigenvalue weighted by Gasteiger charge is -2.33. The molecule has 1 aromatic heterocycles. The maximum atomic E-state index is 12.8. The number of hydrogen-bond acceptors (Lipinski definition) is 5. The van der Waals surface area contributed by atoms with Gasteiger partial charge in [-0.3, -0.25) is 4.79 Å². The number of carbonyl (C=O) groups is 2. The smallest absolute Gasteiger partial charge is 0.341 e. The zero-order valence-electron chi connectivity index (χ0n) is 20.3. The van der Waals surface area contributed by atoms with Crippen LogP contribution in [-0.2, 0) is 22.4 Å². The third-order valence-electron chi connectivity index (χ3n) is 6.35. The van der Waals surface area contributed by atoms with Crippen molar-refractivity contribution in [1.82, 2.24) is 0 Å². The zero-order chi connectivity index (χ0) is 23.6. The van der Waals surface area contributed by atoms with Crippen LogP contribution in [0.4, 0.5) is 5.00 Å². The summed E-state index contributed by atoms with van der Waals surface area (Å²) in [7, 11) is 0. The lowest BCUT2D eigenvalue weighted by Crippen LogP contribution is -2.26. The van der Waals surface area contributed by atoms with E-state index >= 15 is 0 Å². The van der Waals surface area contributed by atoms with Crippen molar-refractivity contribution in [3.63, 3.8) is 0 Å². The Morgan fingerprint density at radius 3 is 2.56 bits per heavy atom. The van der Waals surface area contributed by atoms with E-state index in [0.29, 0.717) is 28.8 Å². The van der Waals surface area contributed by atoms with Gasteiger partial charge in [-0.05, 0) is 86.6 Å². The Balaban J connectivity index is 1.80. The molecule has 174 valence electrons. The second-order valence-electron chi connectivity index (χ2n) is 9.78. The Morgan fingerprint density at radius 2 is 1.91 bits per heavy atom. The molecule has 1 unspecified atom stereocenters. The number of esters is 1. The highest BCUT2D eigenvalue weighted by Crippen LogP contribution is 2.44. The molecular weight excluding hydrogens is 422 g/mol. The van der Waals surface area contributed by atoms with Crippen molar-refractivity contribution in [2.24, 2.45) is 11.3 Å². The van der Waals surface area contributed by atoms with Gasteiger partial charge in [0.2, 0.25) is 0 Å². The van der Waals surface area contributed by atoms with Crippen molar-refractivity contribution >= 4 is 28.2 Å². The first kappa shape index (κ1) is 24.3. The van der Waals surface area contributed by atoms with Gasteiger partial charge in [0, 0.05) is 4.88 Å². The quantitative estimate of drug-likeness (QED) is 0.539. The molecular formula is C26H35NO4S. The number of amides is 1. The fraction of sp³-hybridized carbons (Fsp3) is 0.538. The lowest BCUT2D eigenvalue weighted by atomic mass is 9.72. The number of carbonyl (C=O) groups excluding carboxylic acids is 2. The molecule has 0 saturated carbocycles. The van der Waals surface area contributed by atoms with Gasteiger partial charge >= 0.3 is 5.97 Å². The van der Waals surface area contributed by atoms with Crippen LogP contribution in [-0.4, -0.2) is 25.1 Å². The molecule has 32 heavy (non-hydrogen) atoms. The highest BCUT2D eigenvalue weighted by Gasteiger charge is 2.34. The predicted octanol–water partition coefficient (Wildman–Crippen LogP) is 6.02. The topological polar surface area (TPSA) is 64.6 Å². The fourth-order valence-corrected chi connectivity index (χ4v) is 5.62. The van der Waals surface area contributed by atoms with E-state index in [-0.39, 0.29) is 23.9 Å². The molecule has 1 atom stereocenters. The molecule has 1 amide bonds. The molecule has 0 bridgehead atoms. The number of benzene rings is 1. The fourth-order valence-electron chi connectivity index (χ4n) is 4.29. The van der Waals surface area contributed by atoms with Gasteiger partial charge in [-0.2, -0.15) is 0 Å². The van der Waals surface area contributed by atoms with Gasteiger partial charge in [-0.15, -0.1) is 11.3 Å². The zero-order valence-corrected chi connectivity index (χ0v) is 21.1. The van der Waals surface area contributed by atoms with Crippen molar-refractivity contribution in [3.8, 4) is 5.75 Å². The average molecular weight is 458 g/mol. The molecule has 0 fully saturated rings. The van der Waals surface area contributed by atoms with Crippen LogP contribution < -0.4 is 10.1 Å². The van der Waals surface area contributed by atoms with Gasteiger partial charge in [-0.1, -0.05) is 26.8 Å². The van der Waals surface area contributed by atoms with Gasteiger partial charge in [0.1, 0.15) is 10.8 Å². The minimum Gasteiger partial charge on any atom is -0.483 e. The maximum Gasteiger partial charge on any atom is 0.341 e. The number of fused-ring (bicyclic) bond motifs is 1. The highest BCUT2D eigenvalue weighted by molar-refractivity contribution is 7.17. The monoisotopic (exact) mass is 457 g/mol. The number of hydrogen-bond donors (Lipinski definition) is 1. The molecule has 1 aromatic carbocycles. The predicted molar refractivity (Wildman–Crippen MR) is 130 cm³/mol. The molecule has 1 N–H and O–H groups in total. The number of ether oxygens (including phenoxy) is 2. The first-order chi connectivity index (χ1) is 15.0. The summed E-state index contributed by atoms with van der Waals surface area (Å²) < 4.78 is 11.1. The van der Waals surface area contributed by atoms with Gasteiger partial charge in [-0.25, -0.2) is 4.79 Å². The standard InChI is InChI=1S/C26H35NO4S/c1-8-30-25(29)23-19-10-9-18(26(5,6)7)13-21(19)32-24(23)27-22(28)14-31-20-12-15(2)11-16(3)17(20)4/h11-12,18H,8-10,13-14H2,1-7H3,(H,27,28). The van der Waals surface area contributed by atoms with E-state index in [2.05, 4.69) is 32.2 Å². The van der Waals surface area contributed by atoms with Crippen molar-refractivity contribution < 1.29 is 19.1 Å². The highest BCUT2D eigenvalue weighted by atomic mass is 32.1. The van der Waals surface area contributed by atoms with E-state index in [1.54, 1.807) is 6.92 Å². The van der Waals surface area contributed by atoms with Gasteiger partial charge in [0.15, 0.2) is 6.61 Å². The van der Waals surface area contributed by atoms with Crippen molar-refractivity contribution in [1.29, 1.82) is 0 Å². The molecule has 0 radical (unpaired) electrons. The third kappa shape index (κ3) is 5.34. The normalized spacial score (nSPS) is 15.8. The van der Waals surface area contributed by atoms with Gasteiger partial charge < -0.3 is 14.8 Å². The summed E-state index contributed by atoms with van der Waals surface area (Å²) in [6.07, 6.45) is 2.78. The summed E-state index contributed by atoms with van der Waals surface area (Å²) in [5.74, 6) is 0.616. The maximum absolute atomic E-state index is 12.8. The van der Waals surface area contributed by atoms with Crippen LogP contribution >= 0.6 is 11.3 Å². The molecule has 1 aliphatic rings. The number of aryl methyl sites for hydroxylation is 2. The van der Waals surface area contributed by atoms with Gasteiger partial charge in [0.05, 0.1) is 12.2 Å². The molecule has 0 aliphatic heterocycles. The van der Waals surface area contributed by atoms with Crippen LogP contribution in [0.2, 0.25) is 0 Å². The Kier molecular flexibility index (Phi) is 7.33. The summed E-state index contributed by atoms with van der Waals surface area (Å²) in [6, 6.07) is 4.03. The van der Waals surface area contributed by atoms with Crippen molar-refractivity contribution in [3.05, 3.63) is 44.8 Å². The Morgan fingerprint density at radius 1 is 1.19 bits per heavy atom. The van der Waals surface area contributed by atoms with Crippen LogP contribution in [0.25, 0.3) is 0 Å². The molecule has 0 spiro atoms. The van der Waals surface area contributed by atoms with E-state index in [4.69, 9.17) is 9.47 Å². The Hall–Kier alpha value is -2.34. The van der Waals surface area contributed by atoms with Crippen LogP contribution in [0.1, 0.15) is 71.6 Å². The number of nitrogens with one attached hydrogen (secondary N) is 1. The second-order valence-corrected chi connectivity index (χ2v) is 10.9. The van der Waals surface area contributed by atoms with E-state index in [9.17, 15) is 9.59 Å². The first-order valence-electron chi connectivity index (χ1n) is 11.3. The largest absolute Gasteiger partial charge is 0.483 e. The van der Waals surface area contributed by atoms with Gasteiger partial charge in [0.25, 0.3) is 5.91 Å². The summed E-state index contributed by atoms with van der Waals surface area (Å²) in [6.45, 7) is 14.8. The van der Waals surface area contributed by atoms with Crippen molar-refractivity contribution in [2.75, 3.05) is 18.5 Å². The molecule has 0 saturated heterocycles. The van der Waals surface area contributed by atoms with Crippen LogP contribution in [0.15, 0.2) is 12.1 Å². The number of anilines is 1. The summed E-state index contributed by atoms with van der Waals surface area (Å²) in [4.78, 5) is 26.7.